The van der Waals surface area contributed by atoms with Crippen LogP contribution in [0.3, 0.4) is 0 Å². The maximum atomic E-state index is 9.05. The van der Waals surface area contributed by atoms with E-state index < -0.39 is 0 Å². The molecule has 0 heterocycles. The molecule has 1 aromatic carbocycles. The van der Waals surface area contributed by atoms with Crippen molar-refractivity contribution in [1.29, 1.82) is 0 Å². The van der Waals surface area contributed by atoms with Gasteiger partial charge < -0.3 is 5.11 Å². The zero-order valence-corrected chi connectivity index (χ0v) is 8.90. The summed E-state index contributed by atoms with van der Waals surface area (Å²) in [5.74, 6) is 0.387. The molecule has 76 valence electrons. The maximum Gasteiger partial charge on any atom is 0.0641 e. The van der Waals surface area contributed by atoms with Gasteiger partial charge in [-0.2, -0.15) is 0 Å². The molecule has 1 rings (SSSR count). The predicted molar refractivity (Wildman–Crippen MR) is 60.3 cm³/mol. The van der Waals surface area contributed by atoms with Crippen molar-refractivity contribution in [3.63, 3.8) is 0 Å². The fourth-order valence-electron chi connectivity index (χ4n) is 1.49. The van der Waals surface area contributed by atoms with Gasteiger partial charge in [0.25, 0.3) is 0 Å². The lowest BCUT2D eigenvalue weighted by Crippen LogP contribution is -1.94. The number of hydrogen-bond donors (Lipinski definition) is 1. The van der Waals surface area contributed by atoms with E-state index in [9.17, 15) is 0 Å². The van der Waals surface area contributed by atoms with Gasteiger partial charge in [0.05, 0.1) is 6.61 Å². The normalized spacial score (nSPS) is 14.1. The molecule has 0 spiro atoms. The largest absolute Gasteiger partial charge is 0.392 e. The van der Waals surface area contributed by atoms with Crippen LogP contribution in [0.25, 0.3) is 0 Å². The van der Waals surface area contributed by atoms with Crippen molar-refractivity contribution in [2.75, 3.05) is 6.61 Å². The molecule has 0 saturated carbocycles. The molecule has 1 aromatic rings. The average molecular weight is 190 g/mol. The zero-order chi connectivity index (χ0) is 10.4. The predicted octanol–water partition coefficient (Wildman–Crippen LogP) is 3.12. The molecule has 1 nitrogen and oxygen atoms in total. The van der Waals surface area contributed by atoms with Crippen molar-refractivity contribution in [3.05, 3.63) is 47.5 Å². The monoisotopic (exact) mass is 190 g/mol. The van der Waals surface area contributed by atoms with Crippen LogP contribution in [0, 0.1) is 0 Å². The van der Waals surface area contributed by atoms with Gasteiger partial charge in [-0.3, -0.25) is 0 Å². The van der Waals surface area contributed by atoms with Crippen LogP contribution in [0.2, 0.25) is 0 Å². The van der Waals surface area contributed by atoms with E-state index in [0.717, 1.165) is 12.0 Å². The Bertz CT molecular complexity index is 281. The summed E-state index contributed by atoms with van der Waals surface area (Å²) >= 11 is 0. The molecule has 0 aliphatic heterocycles. The molecule has 0 fully saturated rings. The molecule has 0 radical (unpaired) electrons. The third-order valence-electron chi connectivity index (χ3n) is 2.47. The summed E-state index contributed by atoms with van der Waals surface area (Å²) in [7, 11) is 0. The van der Waals surface area contributed by atoms with Crippen LogP contribution in [-0.4, -0.2) is 11.7 Å². The lowest BCUT2D eigenvalue weighted by Gasteiger charge is -2.08. The summed E-state index contributed by atoms with van der Waals surface area (Å²) in [6.07, 6.45) is 3.07. The summed E-state index contributed by atoms with van der Waals surface area (Å²) in [6, 6.07) is 10.3. The summed E-state index contributed by atoms with van der Waals surface area (Å²) < 4.78 is 0. The Morgan fingerprint density at radius 1 is 1.36 bits per heavy atom. The van der Waals surface area contributed by atoms with Crippen molar-refractivity contribution in [3.8, 4) is 0 Å². The molecular weight excluding hydrogens is 172 g/mol. The van der Waals surface area contributed by atoms with Gasteiger partial charge in [0.2, 0.25) is 0 Å². The highest BCUT2D eigenvalue weighted by molar-refractivity contribution is 5.24. The fraction of sp³-hybridized carbons (Fsp3) is 0.385. The third-order valence-corrected chi connectivity index (χ3v) is 2.47. The third kappa shape index (κ3) is 3.00. The van der Waals surface area contributed by atoms with Gasteiger partial charge in [-0.05, 0) is 23.5 Å². The summed E-state index contributed by atoms with van der Waals surface area (Å²) in [4.78, 5) is 0. The van der Waals surface area contributed by atoms with Crippen LogP contribution in [0.15, 0.2) is 42.0 Å². The van der Waals surface area contributed by atoms with E-state index in [1.54, 1.807) is 0 Å². The van der Waals surface area contributed by atoms with E-state index in [0.29, 0.717) is 5.92 Å². The van der Waals surface area contributed by atoms with Crippen molar-refractivity contribution >= 4 is 0 Å². The van der Waals surface area contributed by atoms with E-state index in [-0.39, 0.29) is 6.61 Å². The Labute approximate surface area is 86.1 Å². The van der Waals surface area contributed by atoms with Crippen LogP contribution in [-0.2, 0) is 0 Å². The maximum absolute atomic E-state index is 9.05. The van der Waals surface area contributed by atoms with Crippen molar-refractivity contribution < 1.29 is 5.11 Å². The summed E-state index contributed by atoms with van der Waals surface area (Å²) in [5.41, 5.74) is 2.41. The number of aliphatic hydroxyl groups is 1. The first-order valence-electron chi connectivity index (χ1n) is 5.13. The molecule has 0 aliphatic carbocycles. The van der Waals surface area contributed by atoms with Gasteiger partial charge in [-0.25, -0.2) is 0 Å². The van der Waals surface area contributed by atoms with Gasteiger partial charge in [0, 0.05) is 0 Å². The Kier molecular flexibility index (Phi) is 4.41. The molecule has 1 N–H and O–H groups in total. The second-order valence-corrected chi connectivity index (χ2v) is 3.54. The van der Waals surface area contributed by atoms with Crippen LogP contribution < -0.4 is 0 Å². The van der Waals surface area contributed by atoms with Gasteiger partial charge in [-0.15, -0.1) is 0 Å². The lowest BCUT2D eigenvalue weighted by atomic mass is 9.98. The standard InChI is InChI=1S/C13H18O/c1-3-12(10-14)9-11(2)13-7-5-4-6-8-13/h4-9,11,14H,3,10H2,1-2H3/b12-9+. The first-order valence-corrected chi connectivity index (χ1v) is 5.13. The Morgan fingerprint density at radius 3 is 2.50 bits per heavy atom. The van der Waals surface area contributed by atoms with Crippen LogP contribution >= 0.6 is 0 Å². The number of allylic oxidation sites excluding steroid dienone is 1. The highest BCUT2D eigenvalue weighted by Gasteiger charge is 2.02. The van der Waals surface area contributed by atoms with Crippen molar-refractivity contribution in [2.24, 2.45) is 0 Å². The molecule has 1 atom stereocenters. The SMILES string of the molecule is CC/C(=C\C(C)c1ccccc1)CO. The van der Waals surface area contributed by atoms with Crippen LogP contribution in [0.4, 0.5) is 0 Å². The van der Waals surface area contributed by atoms with Crippen molar-refractivity contribution in [1.82, 2.24) is 0 Å². The van der Waals surface area contributed by atoms with E-state index in [1.165, 1.54) is 5.56 Å². The second-order valence-electron chi connectivity index (χ2n) is 3.54. The number of aliphatic hydroxyl groups excluding tert-OH is 1. The fourth-order valence-corrected chi connectivity index (χ4v) is 1.49. The van der Waals surface area contributed by atoms with Gasteiger partial charge >= 0.3 is 0 Å². The van der Waals surface area contributed by atoms with Crippen molar-refractivity contribution in [2.45, 2.75) is 26.2 Å². The van der Waals surface area contributed by atoms with Gasteiger partial charge in [-0.1, -0.05) is 50.3 Å². The minimum atomic E-state index is 0.174. The highest BCUT2D eigenvalue weighted by atomic mass is 16.3. The molecule has 0 aliphatic rings. The lowest BCUT2D eigenvalue weighted by molar-refractivity contribution is 0.327. The molecule has 0 saturated heterocycles. The molecular formula is C13H18O. The minimum Gasteiger partial charge on any atom is -0.392 e. The molecule has 14 heavy (non-hydrogen) atoms. The molecule has 0 aromatic heterocycles. The molecule has 1 heteroatoms. The number of hydrogen-bond acceptors (Lipinski definition) is 1. The van der Waals surface area contributed by atoms with E-state index >= 15 is 0 Å². The number of benzene rings is 1. The van der Waals surface area contributed by atoms with E-state index in [4.69, 9.17) is 5.11 Å². The first kappa shape index (κ1) is 11.0. The molecule has 1 unspecified atom stereocenters. The Balaban J connectivity index is 2.76. The first-order chi connectivity index (χ1) is 6.77. The Hall–Kier alpha value is -1.08. The van der Waals surface area contributed by atoms with Crippen LogP contribution in [0.5, 0.6) is 0 Å². The smallest absolute Gasteiger partial charge is 0.0641 e. The topological polar surface area (TPSA) is 20.2 Å². The van der Waals surface area contributed by atoms with Gasteiger partial charge in [0.15, 0.2) is 0 Å². The second kappa shape index (κ2) is 5.61. The number of rotatable bonds is 4. The summed E-state index contributed by atoms with van der Waals surface area (Å²) in [5, 5.41) is 9.05. The average Bonchev–Trinajstić information content (AvgIpc) is 2.26. The Morgan fingerprint density at radius 2 is 2.00 bits per heavy atom. The minimum absolute atomic E-state index is 0.174. The van der Waals surface area contributed by atoms with Crippen LogP contribution in [0.1, 0.15) is 31.7 Å². The molecule has 0 amide bonds. The summed E-state index contributed by atoms with van der Waals surface area (Å²) in [6.45, 7) is 4.40. The highest BCUT2D eigenvalue weighted by Crippen LogP contribution is 2.18. The van der Waals surface area contributed by atoms with E-state index in [1.807, 2.05) is 18.2 Å². The zero-order valence-electron chi connectivity index (χ0n) is 8.90. The quantitative estimate of drug-likeness (QED) is 0.723. The van der Waals surface area contributed by atoms with E-state index in [2.05, 4.69) is 32.1 Å². The van der Waals surface area contributed by atoms with Gasteiger partial charge in [0.1, 0.15) is 0 Å². The molecule has 0 bridgehead atoms.